The average molecular weight is 372 g/mol. The van der Waals surface area contributed by atoms with Gasteiger partial charge in [-0.05, 0) is 12.8 Å². The molecule has 0 saturated carbocycles. The summed E-state index contributed by atoms with van der Waals surface area (Å²) >= 11 is 0. The molecule has 0 aliphatic heterocycles. The fourth-order valence-corrected chi connectivity index (χ4v) is 3.20. The van der Waals surface area contributed by atoms with Gasteiger partial charge in [0.05, 0.1) is 12.2 Å². The number of carboxylic acids is 1. The van der Waals surface area contributed by atoms with Gasteiger partial charge in [0.1, 0.15) is 0 Å². The predicted octanol–water partition coefficient (Wildman–Crippen LogP) is -0.686. The minimum absolute atomic E-state index is 0. The van der Waals surface area contributed by atoms with Gasteiger partial charge in [-0.2, -0.15) is 8.42 Å². The van der Waals surface area contributed by atoms with Gasteiger partial charge in [-0.1, -0.05) is 64.7 Å². The van der Waals surface area contributed by atoms with Gasteiger partial charge in [0.25, 0.3) is 0 Å². The van der Waals surface area contributed by atoms with E-state index in [-0.39, 0.29) is 35.3 Å². The molecule has 0 bridgehead atoms. The second-order valence-corrected chi connectivity index (χ2v) is 7.46. The number of rotatable bonds is 15. The fraction of sp³-hybridized carbons (Fsp3) is 0.875. The van der Waals surface area contributed by atoms with E-state index in [9.17, 15) is 23.1 Å². The van der Waals surface area contributed by atoms with E-state index in [1.165, 1.54) is 38.5 Å². The van der Waals surface area contributed by atoms with Gasteiger partial charge < -0.3 is 14.1 Å². The van der Waals surface area contributed by atoms with Crippen LogP contribution in [0.1, 0.15) is 84.0 Å². The Balaban J connectivity index is 0. The van der Waals surface area contributed by atoms with Crippen LogP contribution >= 0.6 is 0 Å². The molecule has 0 heterocycles. The first-order valence-electron chi connectivity index (χ1n) is 8.52. The van der Waals surface area contributed by atoms with Crippen LogP contribution in [-0.4, -0.2) is 26.1 Å². The maximum absolute atomic E-state index is 11.5. The van der Waals surface area contributed by atoms with Crippen LogP contribution in [0.25, 0.3) is 0 Å². The molecule has 0 aromatic rings. The monoisotopic (exact) mass is 372 g/mol. The smallest absolute Gasteiger partial charge is 0.550 e. The first kappa shape index (κ1) is 26.1. The van der Waals surface area contributed by atoms with Crippen molar-refractivity contribution in [2.24, 2.45) is 0 Å². The predicted molar refractivity (Wildman–Crippen MR) is 86.0 cm³/mol. The molecule has 0 rings (SSSR count). The summed E-state index contributed by atoms with van der Waals surface area (Å²) in [4.78, 5) is 21.3. The Kier molecular flexibility index (Phi) is 17.8. The molecule has 8 heteroatoms. The molecule has 0 aromatic heterocycles. The van der Waals surface area contributed by atoms with Crippen molar-refractivity contribution >= 4 is 22.1 Å². The van der Waals surface area contributed by atoms with Crippen LogP contribution in [0.15, 0.2) is 0 Å². The third-order valence-electron chi connectivity index (χ3n) is 3.50. The number of carbonyl (C=O) groups excluding carboxylic acids is 2. The molecule has 0 aliphatic carbocycles. The minimum atomic E-state index is -3.90. The summed E-state index contributed by atoms with van der Waals surface area (Å²) in [7, 11) is -3.90. The van der Waals surface area contributed by atoms with Gasteiger partial charge >= 0.3 is 45.6 Å². The summed E-state index contributed by atoms with van der Waals surface area (Å²) < 4.78 is 27.3. The summed E-state index contributed by atoms with van der Waals surface area (Å²) in [5, 5.41) is 10.2. The van der Waals surface area contributed by atoms with Crippen LogP contribution in [0.5, 0.6) is 0 Å². The maximum atomic E-state index is 11.5. The van der Waals surface area contributed by atoms with Crippen LogP contribution in [0.4, 0.5) is 0 Å². The molecule has 0 unspecified atom stereocenters. The van der Waals surface area contributed by atoms with Crippen LogP contribution in [0, 0.1) is 0 Å². The molecular formula is C16H29NaO6S. The van der Waals surface area contributed by atoms with Crippen molar-refractivity contribution in [1.29, 1.82) is 0 Å². The Morgan fingerprint density at radius 2 is 1.29 bits per heavy atom. The van der Waals surface area contributed by atoms with Crippen LogP contribution in [0.2, 0.25) is 0 Å². The van der Waals surface area contributed by atoms with Crippen LogP contribution < -0.4 is 34.7 Å². The van der Waals surface area contributed by atoms with E-state index in [0.717, 1.165) is 19.3 Å². The SMILES string of the molecule is CCCCCCCCCCCCS(=O)(=O)OC(=O)CCC(=O)[O-].[Na+]. The first-order chi connectivity index (χ1) is 10.9. The quantitative estimate of drug-likeness (QED) is 0.214. The molecule has 0 radical (unpaired) electrons. The minimum Gasteiger partial charge on any atom is -0.550 e. The van der Waals surface area contributed by atoms with Gasteiger partial charge in [-0.25, -0.2) is 0 Å². The fourth-order valence-electron chi connectivity index (χ4n) is 2.20. The molecule has 24 heavy (non-hydrogen) atoms. The summed E-state index contributed by atoms with van der Waals surface area (Å²) in [6.45, 7) is 2.19. The Morgan fingerprint density at radius 1 is 0.833 bits per heavy atom. The number of aliphatic carboxylic acids is 1. The summed E-state index contributed by atoms with van der Waals surface area (Å²) in [5.41, 5.74) is 0. The zero-order chi connectivity index (χ0) is 17.6. The average Bonchev–Trinajstić information content (AvgIpc) is 2.46. The molecular weight excluding hydrogens is 343 g/mol. The normalized spacial score (nSPS) is 10.9. The van der Waals surface area contributed by atoms with E-state index >= 15 is 0 Å². The summed E-state index contributed by atoms with van der Waals surface area (Å²) in [6.07, 6.45) is 9.78. The zero-order valence-corrected chi connectivity index (χ0v) is 17.9. The molecule has 0 amide bonds. The van der Waals surface area contributed by atoms with E-state index < -0.39 is 34.9 Å². The molecule has 6 nitrogen and oxygen atoms in total. The van der Waals surface area contributed by atoms with Crippen LogP contribution in [0.3, 0.4) is 0 Å². The van der Waals surface area contributed by atoms with Crippen molar-refractivity contribution in [2.75, 3.05) is 5.75 Å². The first-order valence-corrected chi connectivity index (χ1v) is 10.1. The number of hydrogen-bond donors (Lipinski definition) is 0. The van der Waals surface area contributed by atoms with E-state index in [1.54, 1.807) is 0 Å². The molecule has 0 atom stereocenters. The largest absolute Gasteiger partial charge is 1.00 e. The van der Waals surface area contributed by atoms with Crippen molar-refractivity contribution in [3.05, 3.63) is 0 Å². The molecule has 0 N–H and O–H groups in total. The molecule has 0 saturated heterocycles. The van der Waals surface area contributed by atoms with E-state index in [1.807, 2.05) is 0 Å². The third-order valence-corrected chi connectivity index (χ3v) is 4.73. The Hall–Kier alpha value is -0.110. The maximum Gasteiger partial charge on any atom is 1.00 e. The molecule has 0 aliphatic rings. The molecule has 0 fully saturated rings. The van der Waals surface area contributed by atoms with Gasteiger partial charge in [0.2, 0.25) is 0 Å². The topological polar surface area (TPSA) is 101 Å². The van der Waals surface area contributed by atoms with Gasteiger partial charge in [-0.3, -0.25) is 4.79 Å². The van der Waals surface area contributed by atoms with Crippen molar-refractivity contribution in [3.8, 4) is 0 Å². The second-order valence-electron chi connectivity index (χ2n) is 5.77. The number of hydrogen-bond acceptors (Lipinski definition) is 6. The summed E-state index contributed by atoms with van der Waals surface area (Å²) in [6, 6.07) is 0. The van der Waals surface area contributed by atoms with Crippen molar-refractivity contribution in [3.63, 3.8) is 0 Å². The molecule has 0 spiro atoms. The van der Waals surface area contributed by atoms with Crippen molar-refractivity contribution < 1.29 is 56.9 Å². The van der Waals surface area contributed by atoms with Gasteiger partial charge in [0, 0.05) is 5.97 Å². The zero-order valence-electron chi connectivity index (χ0n) is 15.1. The standard InChI is InChI=1S/C16H30O6S.Na/c1-2-3-4-5-6-7-8-9-10-11-14-23(20,21)22-16(19)13-12-15(17)18;/h2-14H2,1H3,(H,17,18);/q;+1/p-1. The van der Waals surface area contributed by atoms with Crippen molar-refractivity contribution in [1.82, 2.24) is 0 Å². The van der Waals surface area contributed by atoms with E-state index in [2.05, 4.69) is 11.1 Å². The Bertz CT molecular complexity index is 436. The van der Waals surface area contributed by atoms with Crippen LogP contribution in [-0.2, 0) is 23.9 Å². The van der Waals surface area contributed by atoms with Crippen molar-refractivity contribution in [2.45, 2.75) is 84.0 Å². The molecule has 0 aromatic carbocycles. The number of carbonyl (C=O) groups is 2. The second kappa shape index (κ2) is 16.4. The number of carboxylic acid groups (broad SMARTS) is 1. The van der Waals surface area contributed by atoms with Gasteiger partial charge in [0.15, 0.2) is 0 Å². The Labute approximate surface area is 168 Å². The van der Waals surface area contributed by atoms with E-state index in [4.69, 9.17) is 0 Å². The summed E-state index contributed by atoms with van der Waals surface area (Å²) in [5.74, 6) is -2.66. The van der Waals surface area contributed by atoms with E-state index in [0.29, 0.717) is 6.42 Å². The van der Waals surface area contributed by atoms with Gasteiger partial charge in [-0.15, -0.1) is 0 Å². The molecule has 136 valence electrons. The number of unbranched alkanes of at least 4 members (excludes halogenated alkanes) is 9. The third kappa shape index (κ3) is 18.2. The Morgan fingerprint density at radius 3 is 1.75 bits per heavy atom.